The number of nitrogens with zero attached hydrogens (tertiary/aromatic N) is 2. The molecule has 0 aliphatic heterocycles. The van der Waals surface area contributed by atoms with E-state index in [0.29, 0.717) is 6.61 Å². The number of H-pyrrole nitrogens is 1. The number of hydrogen-bond acceptors (Lipinski definition) is 2. The molecule has 2 aromatic heterocycles. The van der Waals surface area contributed by atoms with Crippen molar-refractivity contribution in [3.05, 3.63) is 59.7 Å². The zero-order valence-corrected chi connectivity index (χ0v) is 15.4. The molecule has 0 saturated heterocycles. The molecule has 0 spiro atoms. The van der Waals surface area contributed by atoms with Crippen molar-refractivity contribution < 1.29 is 9.13 Å². The standard InChI is InChI=1S/C21H22FN3O/c1-13-17-11-19-14(9-18(17)24-23-13)10-20(21(2,3)12-26-4)25(19)16-7-5-15(22)6-8-16/h5-11H,12H2,1-4H3,(H,23,24). The quantitative estimate of drug-likeness (QED) is 0.569. The van der Waals surface area contributed by atoms with Gasteiger partial charge in [-0.15, -0.1) is 0 Å². The van der Waals surface area contributed by atoms with E-state index in [2.05, 4.69) is 46.8 Å². The van der Waals surface area contributed by atoms with Gasteiger partial charge in [-0.2, -0.15) is 5.10 Å². The van der Waals surface area contributed by atoms with Crippen LogP contribution in [-0.2, 0) is 10.2 Å². The fraction of sp³-hybridized carbons (Fsp3) is 0.286. The van der Waals surface area contributed by atoms with E-state index in [-0.39, 0.29) is 11.2 Å². The maximum atomic E-state index is 13.5. The number of fused-ring (bicyclic) bond motifs is 2. The maximum absolute atomic E-state index is 13.5. The van der Waals surface area contributed by atoms with Gasteiger partial charge in [0.1, 0.15) is 5.82 Å². The van der Waals surface area contributed by atoms with Gasteiger partial charge in [-0.05, 0) is 49.4 Å². The van der Waals surface area contributed by atoms with Crippen LogP contribution in [0, 0.1) is 12.7 Å². The summed E-state index contributed by atoms with van der Waals surface area (Å²) in [6.07, 6.45) is 0. The number of benzene rings is 2. The molecule has 2 aromatic carbocycles. The Kier molecular flexibility index (Phi) is 3.84. The number of nitrogens with one attached hydrogen (secondary N) is 1. The van der Waals surface area contributed by atoms with Crippen LogP contribution in [-0.4, -0.2) is 28.5 Å². The highest BCUT2D eigenvalue weighted by Gasteiger charge is 2.27. The van der Waals surface area contributed by atoms with E-state index in [9.17, 15) is 4.39 Å². The lowest BCUT2D eigenvalue weighted by molar-refractivity contribution is 0.144. The van der Waals surface area contributed by atoms with E-state index in [1.54, 1.807) is 7.11 Å². The van der Waals surface area contributed by atoms with Crippen LogP contribution in [0.25, 0.3) is 27.5 Å². The van der Waals surface area contributed by atoms with E-state index >= 15 is 0 Å². The Labute approximate surface area is 151 Å². The van der Waals surface area contributed by atoms with Crippen LogP contribution >= 0.6 is 0 Å². The van der Waals surface area contributed by atoms with E-state index in [0.717, 1.165) is 38.9 Å². The molecule has 4 rings (SSSR count). The van der Waals surface area contributed by atoms with Gasteiger partial charge in [-0.3, -0.25) is 5.10 Å². The van der Waals surface area contributed by atoms with Crippen molar-refractivity contribution in [2.45, 2.75) is 26.2 Å². The molecule has 5 heteroatoms. The summed E-state index contributed by atoms with van der Waals surface area (Å²) in [5, 5.41) is 9.62. The molecule has 0 atom stereocenters. The summed E-state index contributed by atoms with van der Waals surface area (Å²) in [5.41, 5.74) is 4.90. The Morgan fingerprint density at radius 1 is 1.15 bits per heavy atom. The molecule has 0 aliphatic rings. The molecule has 26 heavy (non-hydrogen) atoms. The second-order valence-corrected chi connectivity index (χ2v) is 7.44. The molecule has 0 amide bonds. The number of hydrogen-bond donors (Lipinski definition) is 1. The molecule has 4 aromatic rings. The van der Waals surface area contributed by atoms with Crippen molar-refractivity contribution >= 4 is 21.8 Å². The first-order valence-electron chi connectivity index (χ1n) is 8.66. The Bertz CT molecular complexity index is 1090. The SMILES string of the molecule is COCC(C)(C)c1cc2cc3n[nH]c(C)c3cc2n1-c1ccc(F)cc1. The summed E-state index contributed by atoms with van der Waals surface area (Å²) in [7, 11) is 1.71. The summed E-state index contributed by atoms with van der Waals surface area (Å²) < 4.78 is 21.1. The fourth-order valence-electron chi connectivity index (χ4n) is 3.64. The van der Waals surface area contributed by atoms with Crippen molar-refractivity contribution in [3.63, 3.8) is 0 Å². The predicted molar refractivity (Wildman–Crippen MR) is 103 cm³/mol. The maximum Gasteiger partial charge on any atom is 0.123 e. The van der Waals surface area contributed by atoms with Crippen LogP contribution in [0.15, 0.2) is 42.5 Å². The zero-order valence-electron chi connectivity index (χ0n) is 15.4. The van der Waals surface area contributed by atoms with Gasteiger partial charge in [0.05, 0.1) is 17.6 Å². The topological polar surface area (TPSA) is 42.8 Å². The normalized spacial score (nSPS) is 12.3. The first-order chi connectivity index (χ1) is 12.4. The van der Waals surface area contributed by atoms with Gasteiger partial charge in [0.25, 0.3) is 0 Å². The molecule has 2 heterocycles. The minimum absolute atomic E-state index is 0.208. The molecule has 1 N–H and O–H groups in total. The monoisotopic (exact) mass is 351 g/mol. The van der Waals surface area contributed by atoms with Gasteiger partial charge in [-0.25, -0.2) is 4.39 Å². The minimum atomic E-state index is -0.240. The van der Waals surface area contributed by atoms with Gasteiger partial charge >= 0.3 is 0 Å². The van der Waals surface area contributed by atoms with Gasteiger partial charge in [0.15, 0.2) is 0 Å². The molecule has 4 nitrogen and oxygen atoms in total. The Morgan fingerprint density at radius 2 is 1.88 bits per heavy atom. The molecule has 0 unspecified atom stereocenters. The number of ether oxygens (including phenoxy) is 1. The third kappa shape index (κ3) is 2.59. The van der Waals surface area contributed by atoms with Gasteiger partial charge in [-0.1, -0.05) is 13.8 Å². The highest BCUT2D eigenvalue weighted by atomic mass is 19.1. The van der Waals surface area contributed by atoms with Crippen molar-refractivity contribution in [2.75, 3.05) is 13.7 Å². The van der Waals surface area contributed by atoms with Crippen LogP contribution in [0.4, 0.5) is 4.39 Å². The summed E-state index contributed by atoms with van der Waals surface area (Å²) in [4.78, 5) is 0. The van der Waals surface area contributed by atoms with Gasteiger partial charge in [0.2, 0.25) is 0 Å². The first kappa shape index (κ1) is 16.8. The third-order valence-electron chi connectivity index (χ3n) is 4.95. The largest absolute Gasteiger partial charge is 0.384 e. The highest BCUT2D eigenvalue weighted by Crippen LogP contribution is 2.35. The number of methoxy groups -OCH3 is 1. The summed E-state index contributed by atoms with van der Waals surface area (Å²) in [6, 6.07) is 13.0. The number of halogens is 1. The molecule has 0 radical (unpaired) electrons. The molecule has 0 aliphatic carbocycles. The van der Waals surface area contributed by atoms with E-state index in [1.165, 1.54) is 12.1 Å². The minimum Gasteiger partial charge on any atom is -0.384 e. The lowest BCUT2D eigenvalue weighted by atomic mass is 9.90. The smallest absolute Gasteiger partial charge is 0.123 e. The second-order valence-electron chi connectivity index (χ2n) is 7.44. The van der Waals surface area contributed by atoms with E-state index in [4.69, 9.17) is 4.74 Å². The number of rotatable bonds is 4. The van der Waals surface area contributed by atoms with Crippen molar-refractivity contribution in [1.29, 1.82) is 0 Å². The molecular weight excluding hydrogens is 329 g/mol. The van der Waals surface area contributed by atoms with Gasteiger partial charge in [0, 0.05) is 40.4 Å². The summed E-state index contributed by atoms with van der Waals surface area (Å²) in [6.45, 7) is 6.91. The predicted octanol–water partition coefficient (Wildman–Crippen LogP) is 4.88. The van der Waals surface area contributed by atoms with Crippen LogP contribution in [0.1, 0.15) is 25.2 Å². The average Bonchev–Trinajstić information content (AvgIpc) is 3.15. The number of aryl methyl sites for hydroxylation is 1. The van der Waals surface area contributed by atoms with Gasteiger partial charge < -0.3 is 9.30 Å². The molecular formula is C21H22FN3O. The summed E-state index contributed by atoms with van der Waals surface area (Å²) in [5.74, 6) is -0.240. The van der Waals surface area contributed by atoms with Crippen LogP contribution in [0.2, 0.25) is 0 Å². The highest BCUT2D eigenvalue weighted by molar-refractivity contribution is 5.97. The lowest BCUT2D eigenvalue weighted by Gasteiger charge is -2.26. The zero-order chi connectivity index (χ0) is 18.5. The average molecular weight is 351 g/mol. The third-order valence-corrected chi connectivity index (χ3v) is 4.95. The Morgan fingerprint density at radius 3 is 2.58 bits per heavy atom. The fourth-order valence-corrected chi connectivity index (χ4v) is 3.64. The van der Waals surface area contributed by atoms with Crippen molar-refractivity contribution in [1.82, 2.24) is 14.8 Å². The Hall–Kier alpha value is -2.66. The molecule has 134 valence electrons. The lowest BCUT2D eigenvalue weighted by Crippen LogP contribution is -2.26. The second kappa shape index (κ2) is 5.95. The van der Waals surface area contributed by atoms with Crippen LogP contribution in [0.5, 0.6) is 0 Å². The Balaban J connectivity index is 2.07. The molecule has 0 bridgehead atoms. The first-order valence-corrected chi connectivity index (χ1v) is 8.66. The summed E-state index contributed by atoms with van der Waals surface area (Å²) >= 11 is 0. The van der Waals surface area contributed by atoms with Crippen molar-refractivity contribution in [3.8, 4) is 5.69 Å². The molecule has 0 fully saturated rings. The van der Waals surface area contributed by atoms with Crippen LogP contribution in [0.3, 0.4) is 0 Å². The molecule has 0 saturated carbocycles. The van der Waals surface area contributed by atoms with Crippen molar-refractivity contribution in [2.24, 2.45) is 0 Å². The number of aromatic amines is 1. The van der Waals surface area contributed by atoms with E-state index in [1.807, 2.05) is 19.1 Å². The van der Waals surface area contributed by atoms with E-state index < -0.39 is 0 Å². The van der Waals surface area contributed by atoms with Crippen LogP contribution < -0.4 is 0 Å². The number of aromatic nitrogens is 3.